The molecular formula is C26H26O4. The van der Waals surface area contributed by atoms with Crippen LogP contribution in [0.25, 0.3) is 0 Å². The lowest BCUT2D eigenvalue weighted by atomic mass is 9.70. The predicted molar refractivity (Wildman–Crippen MR) is 118 cm³/mol. The maximum Gasteiger partial charge on any atom is 0.115 e. The van der Waals surface area contributed by atoms with Crippen molar-refractivity contribution in [3.05, 3.63) is 107 Å². The van der Waals surface area contributed by atoms with Crippen LogP contribution >= 0.6 is 0 Å². The summed E-state index contributed by atoms with van der Waals surface area (Å²) in [5, 5.41) is 39.4. The summed E-state index contributed by atoms with van der Waals surface area (Å²) in [6.07, 6.45) is 10.2. The molecule has 154 valence electrons. The maximum absolute atomic E-state index is 9.89. The fraction of sp³-hybridized carbons (Fsp3) is 0.231. The fourth-order valence-electron chi connectivity index (χ4n) is 4.41. The van der Waals surface area contributed by atoms with Gasteiger partial charge in [0.25, 0.3) is 0 Å². The molecule has 0 saturated carbocycles. The topological polar surface area (TPSA) is 80.9 Å². The standard InChI is InChI=1S/C26H26O4/c27-21-9-1-17(2-10-21)25(18-3-11-22(28)12-4-18)26(19-5-13-23(29)14-6-19)20-7-15-24(30)16-8-20/h1-3,5-7,9-11,13-15,25-30H,4,8,12,16H2. The third kappa shape index (κ3) is 4.28. The molecule has 0 fully saturated rings. The molecule has 2 aromatic carbocycles. The number of phenols is 2. The van der Waals surface area contributed by atoms with Crippen molar-refractivity contribution >= 4 is 0 Å². The Kier molecular flexibility index (Phi) is 5.66. The highest BCUT2D eigenvalue weighted by Gasteiger charge is 2.32. The molecule has 2 unspecified atom stereocenters. The van der Waals surface area contributed by atoms with Gasteiger partial charge in [-0.1, -0.05) is 47.6 Å². The number of rotatable bonds is 5. The van der Waals surface area contributed by atoms with Crippen LogP contribution in [0.5, 0.6) is 11.5 Å². The van der Waals surface area contributed by atoms with E-state index in [0.29, 0.717) is 24.4 Å². The molecule has 4 heteroatoms. The van der Waals surface area contributed by atoms with E-state index in [4.69, 9.17) is 0 Å². The monoisotopic (exact) mass is 402 g/mol. The number of phenolic OH excluding ortho intramolecular Hbond substituents is 2. The molecule has 0 bridgehead atoms. The van der Waals surface area contributed by atoms with Gasteiger partial charge in [0.15, 0.2) is 0 Å². The van der Waals surface area contributed by atoms with Crippen molar-refractivity contribution in [1.29, 1.82) is 0 Å². The van der Waals surface area contributed by atoms with Crippen LogP contribution in [0.2, 0.25) is 0 Å². The molecule has 4 N–H and O–H groups in total. The van der Waals surface area contributed by atoms with Gasteiger partial charge in [-0.2, -0.15) is 0 Å². The van der Waals surface area contributed by atoms with Crippen LogP contribution in [-0.2, 0) is 0 Å². The Morgan fingerprint density at radius 3 is 1.13 bits per heavy atom. The number of hydrogen-bond acceptors (Lipinski definition) is 4. The summed E-state index contributed by atoms with van der Waals surface area (Å²) >= 11 is 0. The Morgan fingerprint density at radius 1 is 0.467 bits per heavy atom. The van der Waals surface area contributed by atoms with Crippen molar-refractivity contribution in [2.75, 3.05) is 0 Å². The number of aromatic hydroxyl groups is 2. The summed E-state index contributed by atoms with van der Waals surface area (Å²) < 4.78 is 0. The minimum absolute atomic E-state index is 0.000569. The Hall–Kier alpha value is -3.40. The lowest BCUT2D eigenvalue weighted by Crippen LogP contribution is -2.18. The molecule has 4 rings (SSSR count). The van der Waals surface area contributed by atoms with Gasteiger partial charge in [0.1, 0.15) is 11.5 Å². The minimum atomic E-state index is -0.000569. The van der Waals surface area contributed by atoms with Crippen molar-refractivity contribution < 1.29 is 20.4 Å². The molecule has 2 aromatic rings. The van der Waals surface area contributed by atoms with Crippen LogP contribution in [-0.4, -0.2) is 20.4 Å². The summed E-state index contributed by atoms with van der Waals surface area (Å²) in [7, 11) is 0. The first-order chi connectivity index (χ1) is 14.5. The third-order valence-electron chi connectivity index (χ3n) is 5.96. The first-order valence-corrected chi connectivity index (χ1v) is 10.3. The smallest absolute Gasteiger partial charge is 0.115 e. The second kappa shape index (κ2) is 8.54. The van der Waals surface area contributed by atoms with E-state index in [1.807, 2.05) is 36.4 Å². The quantitative estimate of drug-likeness (QED) is 0.474. The Balaban J connectivity index is 1.88. The first-order valence-electron chi connectivity index (χ1n) is 10.3. The van der Waals surface area contributed by atoms with Gasteiger partial charge < -0.3 is 20.4 Å². The van der Waals surface area contributed by atoms with E-state index >= 15 is 0 Å². The van der Waals surface area contributed by atoms with Gasteiger partial charge in [-0.15, -0.1) is 0 Å². The van der Waals surface area contributed by atoms with Gasteiger partial charge in [-0.25, -0.2) is 0 Å². The van der Waals surface area contributed by atoms with Gasteiger partial charge in [-0.05, 0) is 60.4 Å². The van der Waals surface area contributed by atoms with Crippen LogP contribution < -0.4 is 0 Å². The van der Waals surface area contributed by atoms with Crippen molar-refractivity contribution in [3.63, 3.8) is 0 Å². The van der Waals surface area contributed by atoms with Crippen LogP contribution in [0.15, 0.2) is 95.5 Å². The lowest BCUT2D eigenvalue weighted by Gasteiger charge is -2.34. The van der Waals surface area contributed by atoms with Crippen molar-refractivity contribution in [3.8, 4) is 11.5 Å². The second-order valence-electron chi connectivity index (χ2n) is 7.94. The highest BCUT2D eigenvalue weighted by atomic mass is 16.3. The van der Waals surface area contributed by atoms with Crippen LogP contribution in [0, 0.1) is 0 Å². The number of aliphatic hydroxyl groups excluding tert-OH is 2. The minimum Gasteiger partial charge on any atom is -0.512 e. The maximum atomic E-state index is 9.89. The molecule has 4 nitrogen and oxygen atoms in total. The van der Waals surface area contributed by atoms with E-state index in [1.165, 1.54) is 11.1 Å². The summed E-state index contributed by atoms with van der Waals surface area (Å²) in [4.78, 5) is 0. The largest absolute Gasteiger partial charge is 0.512 e. The molecule has 2 atom stereocenters. The predicted octanol–water partition coefficient (Wildman–Crippen LogP) is 6.29. The zero-order valence-corrected chi connectivity index (χ0v) is 16.7. The number of aliphatic hydroxyl groups is 2. The number of allylic oxidation sites excluding steroid dienone is 8. The summed E-state index contributed by atoms with van der Waals surface area (Å²) in [5.41, 5.74) is 4.56. The van der Waals surface area contributed by atoms with Gasteiger partial charge in [-0.3, -0.25) is 0 Å². The van der Waals surface area contributed by atoms with Crippen LogP contribution in [0.1, 0.15) is 48.6 Å². The molecule has 2 aliphatic carbocycles. The summed E-state index contributed by atoms with van der Waals surface area (Å²) in [5.74, 6) is 1.21. The molecule has 2 aliphatic rings. The van der Waals surface area contributed by atoms with E-state index in [2.05, 4.69) is 0 Å². The zero-order valence-electron chi connectivity index (χ0n) is 16.7. The molecule has 0 radical (unpaired) electrons. The Labute approximate surface area is 176 Å². The number of benzene rings is 2. The molecule has 0 aliphatic heterocycles. The average Bonchev–Trinajstić information content (AvgIpc) is 2.75. The van der Waals surface area contributed by atoms with E-state index in [0.717, 1.165) is 24.0 Å². The van der Waals surface area contributed by atoms with Gasteiger partial charge >= 0.3 is 0 Å². The first kappa shape index (κ1) is 19.9. The van der Waals surface area contributed by atoms with Crippen molar-refractivity contribution in [1.82, 2.24) is 0 Å². The van der Waals surface area contributed by atoms with Crippen molar-refractivity contribution in [2.24, 2.45) is 0 Å². The molecule has 0 saturated heterocycles. The summed E-state index contributed by atoms with van der Waals surface area (Å²) in [6.45, 7) is 0. The van der Waals surface area contributed by atoms with Gasteiger partial charge in [0.2, 0.25) is 0 Å². The third-order valence-corrected chi connectivity index (χ3v) is 5.96. The fourth-order valence-corrected chi connectivity index (χ4v) is 4.41. The van der Waals surface area contributed by atoms with E-state index in [1.54, 1.807) is 36.4 Å². The second-order valence-corrected chi connectivity index (χ2v) is 7.94. The summed E-state index contributed by atoms with van der Waals surface area (Å²) in [6, 6.07) is 14.6. The molecule has 30 heavy (non-hydrogen) atoms. The van der Waals surface area contributed by atoms with Gasteiger partial charge in [0, 0.05) is 24.7 Å². The molecule has 0 spiro atoms. The normalized spacial score (nSPS) is 18.5. The SMILES string of the molecule is OC1=CC=C(C(c2ccc(O)cc2)C(C2=CC=C(O)CC2)c2ccc(O)cc2)CC1. The molecular weight excluding hydrogens is 376 g/mol. The Bertz CT molecular complexity index is 938. The van der Waals surface area contributed by atoms with E-state index in [9.17, 15) is 20.4 Å². The van der Waals surface area contributed by atoms with Crippen molar-refractivity contribution in [2.45, 2.75) is 37.5 Å². The highest BCUT2D eigenvalue weighted by Crippen LogP contribution is 2.47. The Morgan fingerprint density at radius 2 is 0.833 bits per heavy atom. The van der Waals surface area contributed by atoms with E-state index in [-0.39, 0.29) is 23.3 Å². The molecule has 0 aromatic heterocycles. The molecule has 0 amide bonds. The number of hydrogen-bond donors (Lipinski definition) is 4. The zero-order chi connectivity index (χ0) is 21.1. The van der Waals surface area contributed by atoms with E-state index < -0.39 is 0 Å². The lowest BCUT2D eigenvalue weighted by molar-refractivity contribution is 0.379. The van der Waals surface area contributed by atoms with Crippen LogP contribution in [0.4, 0.5) is 0 Å². The highest BCUT2D eigenvalue weighted by molar-refractivity contribution is 5.47. The van der Waals surface area contributed by atoms with Crippen LogP contribution in [0.3, 0.4) is 0 Å². The molecule has 0 heterocycles. The van der Waals surface area contributed by atoms with Gasteiger partial charge in [0.05, 0.1) is 11.5 Å². The average molecular weight is 402 g/mol.